The fourth-order valence-electron chi connectivity index (χ4n) is 3.59. The number of ether oxygens (including phenoxy) is 1. The van der Waals surface area contributed by atoms with Gasteiger partial charge in [0.05, 0.1) is 29.4 Å². The minimum atomic E-state index is -0.313. The van der Waals surface area contributed by atoms with Gasteiger partial charge < -0.3 is 24.3 Å². The minimum Gasteiger partial charge on any atom is -0.497 e. The van der Waals surface area contributed by atoms with Gasteiger partial charge in [-0.25, -0.2) is 4.98 Å². The van der Waals surface area contributed by atoms with Gasteiger partial charge in [-0.1, -0.05) is 5.16 Å². The summed E-state index contributed by atoms with van der Waals surface area (Å²) in [7, 11) is 1.57. The van der Waals surface area contributed by atoms with E-state index in [0.717, 1.165) is 11.3 Å². The third-order valence-electron chi connectivity index (χ3n) is 5.23. The monoisotopic (exact) mass is 448 g/mol. The molecule has 3 heterocycles. The fourth-order valence-corrected chi connectivity index (χ4v) is 3.59. The lowest BCUT2D eigenvalue weighted by Crippen LogP contribution is -2.34. The molecule has 0 saturated carbocycles. The van der Waals surface area contributed by atoms with Crippen LogP contribution in [0.4, 0.5) is 0 Å². The molecule has 0 fully saturated rings. The van der Waals surface area contributed by atoms with E-state index >= 15 is 0 Å². The summed E-state index contributed by atoms with van der Waals surface area (Å²) in [4.78, 5) is 29.8. The first kappa shape index (κ1) is 22.1. The number of furan rings is 1. The van der Waals surface area contributed by atoms with Gasteiger partial charge in [0, 0.05) is 24.2 Å². The topological polar surface area (TPSA) is 119 Å². The molecule has 2 N–H and O–H groups in total. The zero-order valence-electron chi connectivity index (χ0n) is 18.8. The Balaban J connectivity index is 1.46. The highest BCUT2D eigenvalue weighted by molar-refractivity contribution is 6.07. The zero-order valence-corrected chi connectivity index (χ0v) is 18.8. The van der Waals surface area contributed by atoms with Crippen molar-refractivity contribution in [1.29, 1.82) is 0 Å². The number of pyridine rings is 1. The Kier molecular flexibility index (Phi) is 6.12. The van der Waals surface area contributed by atoms with E-state index in [0.29, 0.717) is 39.4 Å². The predicted octanol–water partition coefficient (Wildman–Crippen LogP) is 3.58. The van der Waals surface area contributed by atoms with Crippen LogP contribution in [-0.4, -0.2) is 42.2 Å². The van der Waals surface area contributed by atoms with Crippen molar-refractivity contribution in [3.8, 4) is 17.0 Å². The standard InChI is InChI=1S/C24H24N4O5/c1-13-11-18(15(3)32-13)20-12-19(21-14(2)28-33-24(21)27-20)23(30)26-10-9-25-22(29)16-5-7-17(31-4)8-6-16/h5-8,11-12H,9-10H2,1-4H3,(H,25,29)(H,26,30). The first-order valence-corrected chi connectivity index (χ1v) is 10.4. The molecular weight excluding hydrogens is 424 g/mol. The van der Waals surface area contributed by atoms with Gasteiger partial charge in [-0.05, 0) is 57.2 Å². The predicted molar refractivity (Wildman–Crippen MR) is 121 cm³/mol. The summed E-state index contributed by atoms with van der Waals surface area (Å²) in [6.07, 6.45) is 0. The average molecular weight is 448 g/mol. The molecule has 1 aromatic carbocycles. The van der Waals surface area contributed by atoms with Gasteiger partial charge in [-0.3, -0.25) is 9.59 Å². The van der Waals surface area contributed by atoms with Crippen LogP contribution in [-0.2, 0) is 0 Å². The molecule has 0 unspecified atom stereocenters. The zero-order chi connectivity index (χ0) is 23.5. The largest absolute Gasteiger partial charge is 0.497 e. The van der Waals surface area contributed by atoms with E-state index < -0.39 is 0 Å². The molecule has 9 heteroatoms. The summed E-state index contributed by atoms with van der Waals surface area (Å²) in [6.45, 7) is 5.95. The SMILES string of the molecule is COc1ccc(C(=O)NCCNC(=O)c2cc(-c3cc(C)oc3C)nc3onc(C)c23)cc1. The third kappa shape index (κ3) is 4.57. The first-order valence-electron chi connectivity index (χ1n) is 10.4. The second-order valence-electron chi connectivity index (χ2n) is 7.57. The van der Waals surface area contributed by atoms with Gasteiger partial charge in [0.25, 0.3) is 17.5 Å². The summed E-state index contributed by atoms with van der Waals surface area (Å²) in [5.74, 6) is 1.57. The highest BCUT2D eigenvalue weighted by atomic mass is 16.5. The van der Waals surface area contributed by atoms with Crippen molar-refractivity contribution in [2.45, 2.75) is 20.8 Å². The van der Waals surface area contributed by atoms with Crippen LogP contribution < -0.4 is 15.4 Å². The number of amides is 2. The number of hydrogen-bond acceptors (Lipinski definition) is 7. The van der Waals surface area contributed by atoms with E-state index in [4.69, 9.17) is 13.7 Å². The van der Waals surface area contributed by atoms with Gasteiger partial charge in [-0.15, -0.1) is 0 Å². The third-order valence-corrected chi connectivity index (χ3v) is 5.23. The number of carbonyl (C=O) groups excluding carboxylic acids is 2. The van der Waals surface area contributed by atoms with Crippen molar-refractivity contribution >= 4 is 22.9 Å². The van der Waals surface area contributed by atoms with E-state index in [2.05, 4.69) is 20.8 Å². The lowest BCUT2D eigenvalue weighted by atomic mass is 10.1. The number of benzene rings is 1. The van der Waals surface area contributed by atoms with Crippen LogP contribution >= 0.6 is 0 Å². The molecule has 0 aliphatic rings. The molecule has 33 heavy (non-hydrogen) atoms. The molecule has 170 valence electrons. The van der Waals surface area contributed by atoms with E-state index in [1.54, 1.807) is 44.4 Å². The Morgan fingerprint density at radius 1 is 1.00 bits per heavy atom. The number of nitrogens with zero attached hydrogens (tertiary/aromatic N) is 2. The van der Waals surface area contributed by atoms with E-state index in [1.807, 2.05) is 19.9 Å². The number of aromatic nitrogens is 2. The number of carbonyl (C=O) groups is 2. The number of hydrogen-bond donors (Lipinski definition) is 2. The summed E-state index contributed by atoms with van der Waals surface area (Å²) in [6, 6.07) is 10.4. The second-order valence-corrected chi connectivity index (χ2v) is 7.57. The Morgan fingerprint density at radius 2 is 1.70 bits per heavy atom. The van der Waals surface area contributed by atoms with Crippen molar-refractivity contribution in [1.82, 2.24) is 20.8 Å². The molecule has 0 bridgehead atoms. The summed E-state index contributed by atoms with van der Waals surface area (Å²) >= 11 is 0. The Hall–Kier alpha value is -4.14. The molecule has 0 saturated heterocycles. The van der Waals surface area contributed by atoms with E-state index in [1.165, 1.54) is 0 Å². The molecular formula is C24H24N4O5. The molecule has 4 aromatic rings. The number of fused-ring (bicyclic) bond motifs is 1. The van der Waals surface area contributed by atoms with Crippen molar-refractivity contribution in [3.05, 3.63) is 64.7 Å². The number of methoxy groups -OCH3 is 1. The number of rotatable bonds is 7. The molecule has 4 rings (SSSR count). The lowest BCUT2D eigenvalue weighted by Gasteiger charge is -2.09. The van der Waals surface area contributed by atoms with Crippen LogP contribution in [0.1, 0.15) is 37.9 Å². The average Bonchev–Trinajstić information content (AvgIpc) is 3.36. The molecule has 0 radical (unpaired) electrons. The van der Waals surface area contributed by atoms with Gasteiger partial charge in [-0.2, -0.15) is 0 Å². The van der Waals surface area contributed by atoms with Crippen LogP contribution in [0.3, 0.4) is 0 Å². The van der Waals surface area contributed by atoms with E-state index in [-0.39, 0.29) is 30.6 Å². The molecule has 0 atom stereocenters. The van der Waals surface area contributed by atoms with Gasteiger partial charge in [0.1, 0.15) is 17.3 Å². The first-order chi connectivity index (χ1) is 15.9. The Labute approximate surface area is 190 Å². The quantitative estimate of drug-likeness (QED) is 0.415. The molecule has 3 aromatic heterocycles. The van der Waals surface area contributed by atoms with Crippen LogP contribution in [0.5, 0.6) is 5.75 Å². The molecule has 2 amide bonds. The minimum absolute atomic E-state index is 0.235. The smallest absolute Gasteiger partial charge is 0.259 e. The van der Waals surface area contributed by atoms with Gasteiger partial charge in [0.15, 0.2) is 0 Å². The maximum absolute atomic E-state index is 13.0. The van der Waals surface area contributed by atoms with Gasteiger partial charge in [0.2, 0.25) is 0 Å². The second kappa shape index (κ2) is 9.15. The molecule has 0 aliphatic heterocycles. The van der Waals surface area contributed by atoms with Crippen molar-refractivity contribution in [2.75, 3.05) is 20.2 Å². The van der Waals surface area contributed by atoms with Crippen molar-refractivity contribution in [3.63, 3.8) is 0 Å². The highest BCUT2D eigenvalue weighted by Gasteiger charge is 2.21. The number of nitrogens with one attached hydrogen (secondary N) is 2. The highest BCUT2D eigenvalue weighted by Crippen LogP contribution is 2.30. The van der Waals surface area contributed by atoms with Gasteiger partial charge >= 0.3 is 0 Å². The van der Waals surface area contributed by atoms with Crippen LogP contribution in [0.15, 0.2) is 45.3 Å². The van der Waals surface area contributed by atoms with Crippen molar-refractivity contribution in [2.24, 2.45) is 0 Å². The maximum Gasteiger partial charge on any atom is 0.259 e. The lowest BCUT2D eigenvalue weighted by molar-refractivity contribution is 0.0928. The van der Waals surface area contributed by atoms with Crippen LogP contribution in [0.25, 0.3) is 22.4 Å². The molecule has 9 nitrogen and oxygen atoms in total. The summed E-state index contributed by atoms with van der Waals surface area (Å²) in [5, 5.41) is 10.1. The Bertz CT molecular complexity index is 1320. The summed E-state index contributed by atoms with van der Waals surface area (Å²) in [5.41, 5.74) is 3.10. The van der Waals surface area contributed by atoms with E-state index in [9.17, 15) is 9.59 Å². The van der Waals surface area contributed by atoms with Crippen LogP contribution in [0.2, 0.25) is 0 Å². The van der Waals surface area contributed by atoms with Crippen molar-refractivity contribution < 1.29 is 23.3 Å². The number of aryl methyl sites for hydroxylation is 3. The van der Waals surface area contributed by atoms with Crippen LogP contribution in [0, 0.1) is 20.8 Å². The molecule has 0 aliphatic carbocycles. The Morgan fingerprint density at radius 3 is 2.33 bits per heavy atom. The summed E-state index contributed by atoms with van der Waals surface area (Å²) < 4.78 is 16.0. The maximum atomic E-state index is 13.0. The normalized spacial score (nSPS) is 10.9. The fraction of sp³-hybridized carbons (Fsp3) is 0.250. The molecule has 0 spiro atoms.